The molecular weight excluding hydrogens is 200 g/mol. The van der Waals surface area contributed by atoms with E-state index < -0.39 is 0 Å². The van der Waals surface area contributed by atoms with Gasteiger partial charge in [0.1, 0.15) is 0 Å². The van der Waals surface area contributed by atoms with Crippen LogP contribution in [0.25, 0.3) is 11.1 Å². The number of fused-ring (bicyclic) bond motifs is 3. The topological polar surface area (TPSA) is 58.3 Å². The van der Waals surface area contributed by atoms with Crippen molar-refractivity contribution in [1.29, 1.82) is 0 Å². The normalized spacial score (nSPS) is 12.1. The Morgan fingerprint density at radius 1 is 1.06 bits per heavy atom. The van der Waals surface area contributed by atoms with E-state index in [0.29, 0.717) is 11.4 Å². The van der Waals surface area contributed by atoms with Gasteiger partial charge in [0.25, 0.3) is 0 Å². The number of rotatable bonds is 1. The minimum atomic E-state index is 0.578. The van der Waals surface area contributed by atoms with Gasteiger partial charge in [-0.25, -0.2) is 0 Å². The molecule has 0 unspecified atom stereocenters. The molecule has 2 aromatic rings. The Hall–Kier alpha value is -2.00. The lowest BCUT2D eigenvalue weighted by atomic mass is 10.0. The van der Waals surface area contributed by atoms with Crippen molar-refractivity contribution >= 4 is 11.4 Å². The largest absolute Gasteiger partial charge is 0.397 e. The van der Waals surface area contributed by atoms with Crippen molar-refractivity contribution in [2.75, 3.05) is 11.2 Å². The Bertz CT molecular complexity index is 564. The number of anilines is 2. The third kappa shape index (κ3) is 1.12. The molecule has 3 nitrogen and oxygen atoms in total. The molecule has 2 aromatic carbocycles. The Balaban J connectivity index is 2.28. The van der Waals surface area contributed by atoms with Crippen LogP contribution >= 0.6 is 0 Å². The molecule has 3 rings (SSSR count). The highest BCUT2D eigenvalue weighted by Gasteiger charge is 2.21. The van der Waals surface area contributed by atoms with Gasteiger partial charge < -0.3 is 5.73 Å². The molecule has 0 aromatic heterocycles. The van der Waals surface area contributed by atoms with E-state index in [0.717, 1.165) is 17.5 Å². The van der Waals surface area contributed by atoms with Gasteiger partial charge in [0.2, 0.25) is 0 Å². The van der Waals surface area contributed by atoms with E-state index in [-0.39, 0.29) is 0 Å². The van der Waals surface area contributed by atoms with E-state index in [2.05, 4.69) is 17.6 Å². The van der Waals surface area contributed by atoms with Crippen LogP contribution in [0.15, 0.2) is 36.4 Å². The molecule has 0 spiro atoms. The first-order valence-electron chi connectivity index (χ1n) is 5.21. The van der Waals surface area contributed by atoms with Gasteiger partial charge in [-0.3, -0.25) is 10.7 Å². The first-order chi connectivity index (χ1) is 7.81. The van der Waals surface area contributed by atoms with Crippen molar-refractivity contribution < 1.29 is 5.21 Å². The molecule has 0 fully saturated rings. The summed E-state index contributed by atoms with van der Waals surface area (Å²) in [5, 5.41) is 9.13. The van der Waals surface area contributed by atoms with Crippen LogP contribution in [-0.4, -0.2) is 5.21 Å². The van der Waals surface area contributed by atoms with Gasteiger partial charge in [0.05, 0.1) is 11.4 Å². The van der Waals surface area contributed by atoms with Crippen LogP contribution in [0.1, 0.15) is 11.1 Å². The second-order valence-corrected chi connectivity index (χ2v) is 4.00. The predicted octanol–water partition coefficient (Wildman–Crippen LogP) is 2.64. The third-order valence-corrected chi connectivity index (χ3v) is 3.13. The van der Waals surface area contributed by atoms with E-state index in [1.807, 2.05) is 24.3 Å². The number of hydrogen-bond acceptors (Lipinski definition) is 3. The number of hydrogen-bond donors (Lipinski definition) is 3. The SMILES string of the molecule is Nc1ccc2c(c1NO)Cc1ccccc1-2. The zero-order chi connectivity index (χ0) is 11.1. The summed E-state index contributed by atoms with van der Waals surface area (Å²) in [5.74, 6) is 0. The molecule has 1 aliphatic rings. The van der Waals surface area contributed by atoms with E-state index in [4.69, 9.17) is 10.9 Å². The van der Waals surface area contributed by atoms with Crippen LogP contribution in [-0.2, 0) is 6.42 Å². The van der Waals surface area contributed by atoms with Crippen LogP contribution in [0, 0.1) is 0 Å². The first-order valence-corrected chi connectivity index (χ1v) is 5.21. The Labute approximate surface area is 93.5 Å². The molecule has 0 saturated heterocycles. The summed E-state index contributed by atoms with van der Waals surface area (Å²) in [6, 6.07) is 12.1. The smallest absolute Gasteiger partial charge is 0.0872 e. The minimum absolute atomic E-state index is 0.578. The van der Waals surface area contributed by atoms with Crippen molar-refractivity contribution in [3.8, 4) is 11.1 Å². The van der Waals surface area contributed by atoms with Crippen molar-refractivity contribution in [2.45, 2.75) is 6.42 Å². The van der Waals surface area contributed by atoms with Gasteiger partial charge in [-0.1, -0.05) is 30.3 Å². The molecule has 0 saturated carbocycles. The summed E-state index contributed by atoms with van der Waals surface area (Å²) in [5.41, 5.74) is 14.0. The van der Waals surface area contributed by atoms with Gasteiger partial charge >= 0.3 is 0 Å². The molecule has 0 radical (unpaired) electrons. The van der Waals surface area contributed by atoms with Gasteiger partial charge in [-0.15, -0.1) is 0 Å². The van der Waals surface area contributed by atoms with E-state index in [1.54, 1.807) is 0 Å². The Morgan fingerprint density at radius 2 is 1.88 bits per heavy atom. The Morgan fingerprint density at radius 3 is 2.69 bits per heavy atom. The highest BCUT2D eigenvalue weighted by molar-refractivity contribution is 5.86. The molecule has 0 aliphatic heterocycles. The molecule has 0 amide bonds. The average molecular weight is 212 g/mol. The van der Waals surface area contributed by atoms with Crippen LogP contribution in [0.2, 0.25) is 0 Å². The van der Waals surface area contributed by atoms with Crippen LogP contribution in [0.4, 0.5) is 11.4 Å². The fourth-order valence-corrected chi connectivity index (χ4v) is 2.36. The molecule has 0 bridgehead atoms. The van der Waals surface area contributed by atoms with Gasteiger partial charge in [-0.2, -0.15) is 0 Å². The van der Waals surface area contributed by atoms with Crippen LogP contribution < -0.4 is 11.2 Å². The predicted molar refractivity (Wildman–Crippen MR) is 64.5 cm³/mol. The molecule has 80 valence electrons. The highest BCUT2D eigenvalue weighted by Crippen LogP contribution is 2.42. The summed E-state index contributed by atoms with van der Waals surface area (Å²) in [7, 11) is 0. The lowest BCUT2D eigenvalue weighted by Gasteiger charge is -2.09. The van der Waals surface area contributed by atoms with Gasteiger partial charge in [0.15, 0.2) is 0 Å². The monoisotopic (exact) mass is 212 g/mol. The summed E-state index contributed by atoms with van der Waals surface area (Å²) in [4.78, 5) is 0. The van der Waals surface area contributed by atoms with Gasteiger partial charge in [-0.05, 0) is 28.3 Å². The van der Waals surface area contributed by atoms with E-state index in [9.17, 15) is 0 Å². The maximum Gasteiger partial charge on any atom is 0.0872 e. The maximum atomic E-state index is 9.13. The maximum absolute atomic E-state index is 9.13. The molecule has 1 aliphatic carbocycles. The Kier molecular flexibility index (Phi) is 1.88. The zero-order valence-electron chi connectivity index (χ0n) is 8.70. The third-order valence-electron chi connectivity index (χ3n) is 3.13. The zero-order valence-corrected chi connectivity index (χ0v) is 8.70. The summed E-state index contributed by atoms with van der Waals surface area (Å²) < 4.78 is 0. The summed E-state index contributed by atoms with van der Waals surface area (Å²) >= 11 is 0. The number of nitrogens with two attached hydrogens (primary N) is 1. The van der Waals surface area contributed by atoms with E-state index >= 15 is 0 Å². The van der Waals surface area contributed by atoms with E-state index in [1.165, 1.54) is 11.1 Å². The van der Waals surface area contributed by atoms with Crippen molar-refractivity contribution in [3.05, 3.63) is 47.5 Å². The average Bonchev–Trinajstić information content (AvgIpc) is 2.67. The molecule has 0 heterocycles. The quantitative estimate of drug-likeness (QED) is 0.429. The standard InChI is InChI=1S/C13H12N2O/c14-12-6-5-10-9-4-2-1-3-8(9)7-11(10)13(12)15-16/h1-6,15-16H,7,14H2. The van der Waals surface area contributed by atoms with Gasteiger partial charge in [0, 0.05) is 6.42 Å². The lowest BCUT2D eigenvalue weighted by Crippen LogP contribution is -2.00. The molecular formula is C13H12N2O. The lowest BCUT2D eigenvalue weighted by molar-refractivity contribution is 0.389. The first kappa shape index (κ1) is 9.24. The summed E-state index contributed by atoms with van der Waals surface area (Å²) in [6.07, 6.45) is 0.819. The number of benzene rings is 2. The highest BCUT2D eigenvalue weighted by atomic mass is 16.5. The molecule has 4 N–H and O–H groups in total. The fourth-order valence-electron chi connectivity index (χ4n) is 2.36. The van der Waals surface area contributed by atoms with Crippen LogP contribution in [0.5, 0.6) is 0 Å². The molecule has 0 atom stereocenters. The number of nitrogen functional groups attached to an aromatic ring is 1. The van der Waals surface area contributed by atoms with Crippen molar-refractivity contribution in [3.63, 3.8) is 0 Å². The molecule has 16 heavy (non-hydrogen) atoms. The van der Waals surface area contributed by atoms with Crippen LogP contribution in [0.3, 0.4) is 0 Å². The second kappa shape index (κ2) is 3.25. The minimum Gasteiger partial charge on any atom is -0.397 e. The molecule has 3 heteroatoms. The number of nitrogens with one attached hydrogen (secondary N) is 1. The summed E-state index contributed by atoms with van der Waals surface area (Å²) in [6.45, 7) is 0. The van der Waals surface area contributed by atoms with Crippen molar-refractivity contribution in [2.24, 2.45) is 0 Å². The fraction of sp³-hybridized carbons (Fsp3) is 0.0769. The van der Waals surface area contributed by atoms with Crippen molar-refractivity contribution in [1.82, 2.24) is 0 Å². The second-order valence-electron chi connectivity index (χ2n) is 4.00.